The van der Waals surface area contributed by atoms with Crippen LogP contribution < -0.4 is 4.72 Å². The smallest absolute Gasteiger partial charge is 0.254 e. The van der Waals surface area contributed by atoms with Crippen LogP contribution in [0.4, 0.5) is 0 Å². The first-order valence-corrected chi connectivity index (χ1v) is 10.8. The fourth-order valence-electron chi connectivity index (χ4n) is 3.13. The predicted molar refractivity (Wildman–Crippen MR) is 112 cm³/mol. The van der Waals surface area contributed by atoms with Crippen molar-refractivity contribution in [2.24, 2.45) is 0 Å². The third-order valence-electron chi connectivity index (χ3n) is 4.65. The van der Waals surface area contributed by atoms with E-state index in [9.17, 15) is 13.2 Å². The van der Waals surface area contributed by atoms with Crippen molar-refractivity contribution in [3.8, 4) is 0 Å². The van der Waals surface area contributed by atoms with Gasteiger partial charge in [-0.3, -0.25) is 4.79 Å². The van der Waals surface area contributed by atoms with E-state index in [1.807, 2.05) is 31.2 Å². The average molecular weight is 413 g/mol. The van der Waals surface area contributed by atoms with E-state index in [1.165, 1.54) is 17.0 Å². The zero-order valence-electron chi connectivity index (χ0n) is 16.9. The van der Waals surface area contributed by atoms with E-state index in [0.717, 1.165) is 16.6 Å². The fraction of sp³-hybridized carbons (Fsp3) is 0.286. The Balaban J connectivity index is 1.89. The number of nitrogens with zero attached hydrogens (tertiary/aromatic N) is 3. The second kappa shape index (κ2) is 8.26. The van der Waals surface area contributed by atoms with E-state index in [0.29, 0.717) is 17.0 Å². The number of hydrogen-bond donors (Lipinski definition) is 1. The van der Waals surface area contributed by atoms with Crippen molar-refractivity contribution >= 4 is 26.8 Å². The molecule has 1 heterocycles. The first kappa shape index (κ1) is 20.9. The van der Waals surface area contributed by atoms with Crippen LogP contribution in [0.15, 0.2) is 47.4 Å². The van der Waals surface area contributed by atoms with E-state index >= 15 is 0 Å². The maximum absolute atomic E-state index is 13.0. The molecule has 0 atom stereocenters. The molecule has 0 aliphatic heterocycles. The topological polar surface area (TPSA) is 92.3 Å². The van der Waals surface area contributed by atoms with Crippen molar-refractivity contribution in [3.63, 3.8) is 0 Å². The molecule has 0 bridgehead atoms. The van der Waals surface area contributed by atoms with Crippen LogP contribution in [0.2, 0.25) is 0 Å². The summed E-state index contributed by atoms with van der Waals surface area (Å²) < 4.78 is 27.0. The van der Waals surface area contributed by atoms with Crippen molar-refractivity contribution in [1.82, 2.24) is 19.6 Å². The Hall–Kier alpha value is -2.84. The third-order valence-corrected chi connectivity index (χ3v) is 6.19. The summed E-state index contributed by atoms with van der Waals surface area (Å²) in [5, 5.41) is 0.974. The van der Waals surface area contributed by atoms with Gasteiger partial charge >= 0.3 is 0 Å². The maximum Gasteiger partial charge on any atom is 0.254 e. The predicted octanol–water partition coefficient (Wildman–Crippen LogP) is 2.82. The number of fused-ring (bicyclic) bond motifs is 1. The molecule has 3 rings (SSSR count). The van der Waals surface area contributed by atoms with Crippen LogP contribution in [0.1, 0.15) is 34.4 Å². The van der Waals surface area contributed by atoms with Crippen molar-refractivity contribution in [1.29, 1.82) is 0 Å². The number of sulfonamides is 1. The molecule has 0 radical (unpaired) electrons. The minimum atomic E-state index is -3.64. The van der Waals surface area contributed by atoms with E-state index in [-0.39, 0.29) is 23.9 Å². The van der Waals surface area contributed by atoms with Gasteiger partial charge in [-0.2, -0.15) is 0 Å². The number of rotatable bonds is 6. The lowest BCUT2D eigenvalue weighted by Gasteiger charge is -2.19. The van der Waals surface area contributed by atoms with E-state index in [1.54, 1.807) is 27.0 Å². The van der Waals surface area contributed by atoms with Crippen LogP contribution in [-0.2, 0) is 16.6 Å². The summed E-state index contributed by atoms with van der Waals surface area (Å²) in [4.78, 5) is 23.6. The number of aryl methyl sites for hydroxylation is 2. The molecule has 7 nitrogen and oxygen atoms in total. The second-order valence-corrected chi connectivity index (χ2v) is 8.65. The molecule has 1 N–H and O–H groups in total. The lowest BCUT2D eigenvalue weighted by molar-refractivity contribution is 0.0780. The number of carbonyl (C=O) groups excluding carboxylic acids is 1. The lowest BCUT2D eigenvalue weighted by atomic mass is 10.1. The zero-order valence-corrected chi connectivity index (χ0v) is 17.7. The van der Waals surface area contributed by atoms with Crippen molar-refractivity contribution in [2.45, 2.75) is 32.2 Å². The van der Waals surface area contributed by atoms with Gasteiger partial charge in [-0.25, -0.2) is 23.1 Å². The number of hydrogen-bond acceptors (Lipinski definition) is 5. The van der Waals surface area contributed by atoms with Crippen LogP contribution >= 0.6 is 0 Å². The highest BCUT2D eigenvalue weighted by Crippen LogP contribution is 2.19. The van der Waals surface area contributed by atoms with Crippen LogP contribution in [-0.4, -0.2) is 42.8 Å². The van der Waals surface area contributed by atoms with Gasteiger partial charge in [0.25, 0.3) is 5.91 Å². The largest absolute Gasteiger partial charge is 0.334 e. The van der Waals surface area contributed by atoms with Crippen molar-refractivity contribution < 1.29 is 13.2 Å². The highest BCUT2D eigenvalue weighted by molar-refractivity contribution is 7.89. The molecule has 0 saturated heterocycles. The number of carbonyl (C=O) groups is 1. The number of amides is 1. The highest BCUT2D eigenvalue weighted by atomic mass is 32.2. The summed E-state index contributed by atoms with van der Waals surface area (Å²) in [6, 6.07) is 12.3. The summed E-state index contributed by atoms with van der Waals surface area (Å²) in [5.41, 5.74) is 2.71. The molecule has 2 aromatic carbocycles. The minimum absolute atomic E-state index is 0.0690. The Kier molecular flexibility index (Phi) is 5.95. The normalized spacial score (nSPS) is 11.6. The van der Waals surface area contributed by atoms with Gasteiger partial charge in [0.1, 0.15) is 5.82 Å². The molecule has 0 fully saturated rings. The summed E-state index contributed by atoms with van der Waals surface area (Å²) >= 11 is 0. The molecule has 3 aromatic rings. The van der Waals surface area contributed by atoms with Gasteiger partial charge in [0.05, 0.1) is 17.0 Å². The molecule has 1 aromatic heterocycles. The number of para-hydroxylation sites is 1. The van der Waals surface area contributed by atoms with Crippen LogP contribution in [0.5, 0.6) is 0 Å². The average Bonchev–Trinajstić information content (AvgIpc) is 2.67. The van der Waals surface area contributed by atoms with Crippen LogP contribution in [0, 0.1) is 13.8 Å². The quantitative estimate of drug-likeness (QED) is 0.672. The molecule has 8 heteroatoms. The Labute approximate surface area is 170 Å². The Morgan fingerprint density at radius 1 is 1.10 bits per heavy atom. The van der Waals surface area contributed by atoms with Crippen LogP contribution in [0.3, 0.4) is 0 Å². The molecule has 0 unspecified atom stereocenters. The lowest BCUT2D eigenvalue weighted by Crippen LogP contribution is -2.29. The third kappa shape index (κ3) is 4.44. The van der Waals surface area contributed by atoms with Gasteiger partial charge in [0.15, 0.2) is 0 Å². The molecule has 152 valence electrons. The van der Waals surface area contributed by atoms with Gasteiger partial charge in [0, 0.05) is 30.2 Å². The van der Waals surface area contributed by atoms with Gasteiger partial charge < -0.3 is 4.90 Å². The van der Waals surface area contributed by atoms with E-state index in [2.05, 4.69) is 14.7 Å². The molecule has 0 saturated carbocycles. The minimum Gasteiger partial charge on any atom is -0.334 e. The van der Waals surface area contributed by atoms with Crippen molar-refractivity contribution in [3.05, 3.63) is 65.1 Å². The van der Waals surface area contributed by atoms with Gasteiger partial charge in [-0.1, -0.05) is 31.2 Å². The molecular weight excluding hydrogens is 388 g/mol. The summed E-state index contributed by atoms with van der Waals surface area (Å²) in [6.07, 6.45) is 0. The molecule has 0 aliphatic carbocycles. The first-order chi connectivity index (χ1) is 13.7. The first-order valence-electron chi connectivity index (χ1n) is 9.31. The van der Waals surface area contributed by atoms with Crippen LogP contribution in [0.25, 0.3) is 10.9 Å². The molecule has 1 amide bonds. The Bertz CT molecular complexity index is 1180. The highest BCUT2D eigenvalue weighted by Gasteiger charge is 2.20. The summed E-state index contributed by atoms with van der Waals surface area (Å²) in [5.74, 6) is 0.247. The summed E-state index contributed by atoms with van der Waals surface area (Å²) in [6.45, 7) is 5.89. The molecule has 0 aliphatic rings. The Morgan fingerprint density at radius 2 is 1.83 bits per heavy atom. The van der Waals surface area contributed by atoms with Gasteiger partial charge in [-0.15, -0.1) is 0 Å². The van der Waals surface area contributed by atoms with E-state index in [4.69, 9.17) is 0 Å². The molecular formula is C21H24N4O3S. The Morgan fingerprint density at radius 3 is 2.55 bits per heavy atom. The van der Waals surface area contributed by atoms with Gasteiger partial charge in [0.2, 0.25) is 10.0 Å². The molecule has 29 heavy (non-hydrogen) atoms. The monoisotopic (exact) mass is 412 g/mol. The number of nitrogens with one attached hydrogen (secondary N) is 1. The van der Waals surface area contributed by atoms with Gasteiger partial charge in [-0.05, 0) is 37.6 Å². The van der Waals surface area contributed by atoms with Crippen molar-refractivity contribution in [2.75, 3.05) is 13.6 Å². The SMILES string of the molecule is CCNS(=O)(=O)c1ccc(C)c(C(=O)N(C)Cc2nc(C)c3ccccc3n2)c1. The number of benzene rings is 2. The second-order valence-electron chi connectivity index (χ2n) is 6.88. The standard InChI is InChI=1S/C21H24N4O3S/c1-5-22-29(27,28)16-11-10-14(2)18(12-16)21(26)25(4)13-20-23-15(3)17-8-6-7-9-19(17)24-20/h6-12,22H,5,13H2,1-4H3. The van der Waals surface area contributed by atoms with E-state index < -0.39 is 10.0 Å². The number of aromatic nitrogens is 2. The maximum atomic E-state index is 13.0. The zero-order chi connectivity index (χ0) is 21.2. The fourth-order valence-corrected chi connectivity index (χ4v) is 4.19. The summed E-state index contributed by atoms with van der Waals surface area (Å²) in [7, 11) is -1.99. The molecule has 0 spiro atoms.